The van der Waals surface area contributed by atoms with Gasteiger partial charge in [-0.05, 0) is 29.7 Å². The number of alkyl halides is 3. The number of nitrogens with zero attached hydrogens (tertiary/aromatic N) is 1. The van der Waals surface area contributed by atoms with Crippen LogP contribution in [0.5, 0.6) is 0 Å². The Hall–Kier alpha value is -2.21. The number of pyridine rings is 1. The molecule has 0 saturated heterocycles. The smallest absolute Gasteiger partial charge is 0.287 e. The van der Waals surface area contributed by atoms with Gasteiger partial charge in [0, 0.05) is 21.6 Å². The van der Waals surface area contributed by atoms with Gasteiger partial charge in [-0.3, -0.25) is 9.78 Å². The zero-order valence-electron chi connectivity index (χ0n) is 11.6. The van der Waals surface area contributed by atoms with Crippen LogP contribution in [-0.4, -0.2) is 10.8 Å². The van der Waals surface area contributed by atoms with Crippen LogP contribution in [0.1, 0.15) is 21.6 Å². The zero-order valence-corrected chi connectivity index (χ0v) is 13.1. The van der Waals surface area contributed by atoms with Gasteiger partial charge in [0.2, 0.25) is 5.78 Å². The summed E-state index contributed by atoms with van der Waals surface area (Å²) in [5.41, 5.74) is -0.809. The van der Waals surface area contributed by atoms with Gasteiger partial charge < -0.3 is 0 Å². The molecule has 6 heteroatoms. The van der Waals surface area contributed by atoms with E-state index in [1.165, 1.54) is 12.3 Å². The number of rotatable bonds is 2. The second kappa shape index (κ2) is 5.77. The Morgan fingerprint density at radius 3 is 2.52 bits per heavy atom. The highest BCUT2D eigenvalue weighted by atomic mass is 79.9. The second-order valence-electron chi connectivity index (χ2n) is 4.90. The van der Waals surface area contributed by atoms with Gasteiger partial charge in [0.15, 0.2) is 0 Å². The topological polar surface area (TPSA) is 30.0 Å². The molecule has 0 saturated carbocycles. The lowest BCUT2D eigenvalue weighted by atomic mass is 10.0. The van der Waals surface area contributed by atoms with Crippen LogP contribution < -0.4 is 0 Å². The molecule has 0 bridgehead atoms. The summed E-state index contributed by atoms with van der Waals surface area (Å²) in [4.78, 5) is 16.8. The van der Waals surface area contributed by atoms with E-state index in [2.05, 4.69) is 20.9 Å². The van der Waals surface area contributed by atoms with Crippen molar-refractivity contribution in [3.8, 4) is 0 Å². The minimum absolute atomic E-state index is 0.0660. The van der Waals surface area contributed by atoms with E-state index in [1.54, 1.807) is 18.2 Å². The van der Waals surface area contributed by atoms with Gasteiger partial charge in [0.1, 0.15) is 5.69 Å². The van der Waals surface area contributed by atoms with Crippen LogP contribution in [0.3, 0.4) is 0 Å². The molecular weight excluding hydrogens is 371 g/mol. The lowest BCUT2D eigenvalue weighted by Gasteiger charge is -2.11. The van der Waals surface area contributed by atoms with E-state index in [9.17, 15) is 18.0 Å². The number of ketones is 1. The minimum Gasteiger partial charge on any atom is -0.287 e. The standard InChI is InChI=1S/C17H9BrF3NO/c18-14-6-5-11(17(19,20)21)9-13(14)16(23)15-12-4-2-1-3-10(12)7-8-22-15/h1-9H. The molecule has 0 spiro atoms. The van der Waals surface area contributed by atoms with Crippen LogP contribution in [0.25, 0.3) is 10.8 Å². The molecule has 0 N–H and O–H groups in total. The van der Waals surface area contributed by atoms with Gasteiger partial charge in [-0.15, -0.1) is 0 Å². The maximum atomic E-state index is 12.9. The molecule has 2 nitrogen and oxygen atoms in total. The molecule has 0 unspecified atom stereocenters. The SMILES string of the molecule is O=C(c1cc(C(F)(F)F)ccc1Br)c1nccc2ccccc12. The molecule has 23 heavy (non-hydrogen) atoms. The van der Waals surface area contributed by atoms with Crippen molar-refractivity contribution in [2.45, 2.75) is 6.18 Å². The molecule has 0 radical (unpaired) electrons. The summed E-state index contributed by atoms with van der Waals surface area (Å²) in [6.07, 6.45) is -3.04. The van der Waals surface area contributed by atoms with Crippen LogP contribution in [0.15, 0.2) is 59.2 Å². The first kappa shape index (κ1) is 15.7. The summed E-state index contributed by atoms with van der Waals surface area (Å²) < 4.78 is 38.9. The average molecular weight is 380 g/mol. The first-order valence-corrected chi connectivity index (χ1v) is 7.42. The summed E-state index contributed by atoms with van der Waals surface area (Å²) in [5.74, 6) is -0.556. The van der Waals surface area contributed by atoms with Gasteiger partial charge in [-0.1, -0.05) is 40.2 Å². The van der Waals surface area contributed by atoms with E-state index >= 15 is 0 Å². The highest BCUT2D eigenvalue weighted by Gasteiger charge is 2.32. The number of carbonyl (C=O) groups excluding carboxylic acids is 1. The van der Waals surface area contributed by atoms with Gasteiger partial charge in [0.05, 0.1) is 5.56 Å². The van der Waals surface area contributed by atoms with Crippen molar-refractivity contribution in [3.63, 3.8) is 0 Å². The van der Waals surface area contributed by atoms with Crippen LogP contribution in [-0.2, 0) is 6.18 Å². The van der Waals surface area contributed by atoms with E-state index in [4.69, 9.17) is 0 Å². The third-order valence-corrected chi connectivity index (χ3v) is 4.12. The fourth-order valence-electron chi connectivity index (χ4n) is 2.30. The van der Waals surface area contributed by atoms with Crippen LogP contribution >= 0.6 is 15.9 Å². The van der Waals surface area contributed by atoms with Gasteiger partial charge in [0.25, 0.3) is 0 Å². The first-order chi connectivity index (χ1) is 10.9. The molecular formula is C17H9BrF3NO. The summed E-state index contributed by atoms with van der Waals surface area (Å²) in [6.45, 7) is 0. The Morgan fingerprint density at radius 2 is 1.78 bits per heavy atom. The second-order valence-corrected chi connectivity index (χ2v) is 5.76. The highest BCUT2D eigenvalue weighted by molar-refractivity contribution is 9.10. The Kier molecular flexibility index (Phi) is 3.93. The number of hydrogen-bond donors (Lipinski definition) is 0. The molecule has 0 atom stereocenters. The van der Waals surface area contributed by atoms with E-state index < -0.39 is 17.5 Å². The average Bonchev–Trinajstić information content (AvgIpc) is 2.53. The summed E-state index contributed by atoms with van der Waals surface area (Å²) in [6, 6.07) is 11.8. The Labute approximate surface area is 138 Å². The quantitative estimate of drug-likeness (QED) is 0.569. The number of aromatic nitrogens is 1. The van der Waals surface area contributed by atoms with Crippen LogP contribution in [0.4, 0.5) is 13.2 Å². The molecule has 3 aromatic rings. The number of fused-ring (bicyclic) bond motifs is 1. The third-order valence-electron chi connectivity index (χ3n) is 3.43. The molecule has 116 valence electrons. The van der Waals surface area contributed by atoms with Gasteiger partial charge >= 0.3 is 6.18 Å². The maximum absolute atomic E-state index is 12.9. The van der Waals surface area contributed by atoms with Crippen LogP contribution in [0, 0.1) is 0 Å². The van der Waals surface area contributed by atoms with E-state index in [-0.39, 0.29) is 11.3 Å². The molecule has 0 aliphatic rings. The van der Waals surface area contributed by atoms with Crippen molar-refractivity contribution in [2.75, 3.05) is 0 Å². The zero-order chi connectivity index (χ0) is 16.6. The molecule has 0 fully saturated rings. The van der Waals surface area contributed by atoms with Crippen molar-refractivity contribution in [2.24, 2.45) is 0 Å². The largest absolute Gasteiger partial charge is 0.416 e. The normalized spacial score (nSPS) is 11.7. The Balaban J connectivity index is 2.17. The predicted molar refractivity (Wildman–Crippen MR) is 84.3 cm³/mol. The number of hydrogen-bond acceptors (Lipinski definition) is 2. The Morgan fingerprint density at radius 1 is 1.04 bits per heavy atom. The monoisotopic (exact) mass is 379 g/mol. The van der Waals surface area contributed by atoms with Gasteiger partial charge in [-0.25, -0.2) is 0 Å². The number of carbonyl (C=O) groups is 1. The van der Waals surface area contributed by atoms with E-state index in [0.717, 1.165) is 17.5 Å². The van der Waals surface area contributed by atoms with Crippen molar-refractivity contribution in [1.82, 2.24) is 4.98 Å². The molecule has 1 heterocycles. The molecule has 0 aliphatic heterocycles. The van der Waals surface area contributed by atoms with Crippen molar-refractivity contribution in [1.29, 1.82) is 0 Å². The summed E-state index contributed by atoms with van der Waals surface area (Å²) >= 11 is 3.14. The number of halogens is 4. The van der Waals surface area contributed by atoms with E-state index in [0.29, 0.717) is 9.86 Å². The Bertz CT molecular complexity index is 900. The highest BCUT2D eigenvalue weighted by Crippen LogP contribution is 2.33. The fraction of sp³-hybridized carbons (Fsp3) is 0.0588. The molecule has 0 aliphatic carbocycles. The molecule has 0 amide bonds. The summed E-state index contributed by atoms with van der Waals surface area (Å²) in [5, 5.41) is 1.40. The molecule has 1 aromatic heterocycles. The lowest BCUT2D eigenvalue weighted by molar-refractivity contribution is -0.137. The molecule has 3 rings (SSSR count). The van der Waals surface area contributed by atoms with Crippen LogP contribution in [0.2, 0.25) is 0 Å². The predicted octanol–water partition coefficient (Wildman–Crippen LogP) is 5.25. The fourth-order valence-corrected chi connectivity index (χ4v) is 2.73. The van der Waals surface area contributed by atoms with E-state index in [1.807, 2.05) is 12.1 Å². The van der Waals surface area contributed by atoms with Gasteiger partial charge in [-0.2, -0.15) is 13.2 Å². The minimum atomic E-state index is -4.51. The third kappa shape index (κ3) is 2.99. The first-order valence-electron chi connectivity index (χ1n) is 6.63. The van der Waals surface area contributed by atoms with Crippen molar-refractivity contribution in [3.05, 3.63) is 76.0 Å². The summed E-state index contributed by atoms with van der Waals surface area (Å²) in [7, 11) is 0. The number of benzene rings is 2. The maximum Gasteiger partial charge on any atom is 0.416 e. The van der Waals surface area contributed by atoms with Crippen molar-refractivity contribution >= 4 is 32.5 Å². The molecule has 2 aromatic carbocycles. The van der Waals surface area contributed by atoms with Crippen molar-refractivity contribution < 1.29 is 18.0 Å². The lowest BCUT2D eigenvalue weighted by Crippen LogP contribution is -2.10.